The Labute approximate surface area is 93.2 Å². The summed E-state index contributed by atoms with van der Waals surface area (Å²) < 4.78 is 0. The molecule has 0 aromatic carbocycles. The van der Waals surface area contributed by atoms with Gasteiger partial charge in [-0.15, -0.1) is 0 Å². The molecular weight excluding hydrogens is 190 g/mol. The van der Waals surface area contributed by atoms with Crippen molar-refractivity contribution in [3.63, 3.8) is 0 Å². The maximum atomic E-state index is 8.96. The third kappa shape index (κ3) is 5.47. The third-order valence-electron chi connectivity index (χ3n) is 2.94. The molecule has 1 saturated heterocycles. The van der Waals surface area contributed by atoms with E-state index in [1.807, 2.05) is 0 Å². The fourth-order valence-corrected chi connectivity index (χ4v) is 1.93. The first-order valence-corrected chi connectivity index (χ1v) is 5.95. The zero-order valence-electron chi connectivity index (χ0n) is 10.1. The Morgan fingerprint density at radius 2 is 2.07 bits per heavy atom. The van der Waals surface area contributed by atoms with Gasteiger partial charge in [0.2, 0.25) is 0 Å². The highest BCUT2D eigenvalue weighted by atomic mass is 16.3. The minimum Gasteiger partial charge on any atom is -0.396 e. The Balaban J connectivity index is 2.07. The van der Waals surface area contributed by atoms with Crippen LogP contribution in [0.15, 0.2) is 0 Å². The number of hydrogen-bond acceptors (Lipinski definition) is 4. The van der Waals surface area contributed by atoms with Crippen molar-refractivity contribution in [3.05, 3.63) is 0 Å². The van der Waals surface area contributed by atoms with Crippen LogP contribution in [0, 0.1) is 5.92 Å². The number of rotatable bonds is 6. The Bertz CT molecular complexity index is 160. The molecule has 0 amide bonds. The zero-order chi connectivity index (χ0) is 11.1. The van der Waals surface area contributed by atoms with E-state index in [1.54, 1.807) is 0 Å². The first-order valence-electron chi connectivity index (χ1n) is 5.95. The zero-order valence-corrected chi connectivity index (χ0v) is 10.1. The van der Waals surface area contributed by atoms with E-state index in [9.17, 15) is 0 Å². The van der Waals surface area contributed by atoms with Crippen molar-refractivity contribution in [2.75, 3.05) is 59.5 Å². The lowest BCUT2D eigenvalue weighted by Gasteiger charge is -2.29. The number of aliphatic hydroxyl groups is 1. The number of hydrogen-bond donors (Lipinski definition) is 2. The monoisotopic (exact) mass is 215 g/mol. The van der Waals surface area contributed by atoms with Gasteiger partial charge in [0.25, 0.3) is 0 Å². The van der Waals surface area contributed by atoms with Crippen LogP contribution in [0.3, 0.4) is 0 Å². The second-order valence-electron chi connectivity index (χ2n) is 4.64. The molecule has 0 aromatic rings. The van der Waals surface area contributed by atoms with Crippen LogP contribution in [-0.2, 0) is 0 Å². The molecule has 90 valence electrons. The number of nitrogens with zero attached hydrogens (tertiary/aromatic N) is 2. The van der Waals surface area contributed by atoms with Gasteiger partial charge >= 0.3 is 0 Å². The number of likely N-dealkylation sites (N-methyl/N-ethyl adjacent to an activating group) is 1. The van der Waals surface area contributed by atoms with Gasteiger partial charge in [0.1, 0.15) is 0 Å². The summed E-state index contributed by atoms with van der Waals surface area (Å²) in [6.45, 7) is 10.2. The van der Waals surface area contributed by atoms with Crippen molar-refractivity contribution >= 4 is 0 Å². The van der Waals surface area contributed by atoms with E-state index in [0.29, 0.717) is 5.92 Å². The highest BCUT2D eigenvalue weighted by molar-refractivity contribution is 4.69. The van der Waals surface area contributed by atoms with Crippen molar-refractivity contribution < 1.29 is 5.11 Å². The van der Waals surface area contributed by atoms with Crippen molar-refractivity contribution in [2.24, 2.45) is 5.92 Å². The summed E-state index contributed by atoms with van der Waals surface area (Å²) >= 11 is 0. The van der Waals surface area contributed by atoms with E-state index in [2.05, 4.69) is 29.1 Å². The summed E-state index contributed by atoms with van der Waals surface area (Å²) in [5.74, 6) is 0.387. The summed E-state index contributed by atoms with van der Waals surface area (Å²) in [6, 6.07) is 0. The summed E-state index contributed by atoms with van der Waals surface area (Å²) in [6.07, 6.45) is 0. The molecule has 0 bridgehead atoms. The van der Waals surface area contributed by atoms with Gasteiger partial charge in [0.05, 0.1) is 0 Å². The first kappa shape index (κ1) is 12.9. The lowest BCUT2D eigenvalue weighted by atomic mass is 10.2. The number of piperazine rings is 1. The molecule has 15 heavy (non-hydrogen) atoms. The average Bonchev–Trinajstić information content (AvgIpc) is 2.27. The SMILES string of the molecule is CC(CO)CN(C)CCN1CCNCC1. The quantitative estimate of drug-likeness (QED) is 0.624. The maximum absolute atomic E-state index is 8.96. The van der Waals surface area contributed by atoms with Crippen LogP contribution in [0.25, 0.3) is 0 Å². The first-order chi connectivity index (χ1) is 7.22. The number of nitrogens with one attached hydrogen (secondary N) is 1. The molecule has 1 aliphatic rings. The Morgan fingerprint density at radius 1 is 1.40 bits per heavy atom. The molecule has 0 aromatic heterocycles. The van der Waals surface area contributed by atoms with Gasteiger partial charge in [-0.3, -0.25) is 4.90 Å². The minimum absolute atomic E-state index is 0.290. The molecule has 0 radical (unpaired) electrons. The van der Waals surface area contributed by atoms with Gasteiger partial charge in [-0.25, -0.2) is 0 Å². The van der Waals surface area contributed by atoms with Gasteiger partial charge < -0.3 is 15.3 Å². The molecule has 1 atom stereocenters. The molecule has 0 saturated carbocycles. The molecule has 2 N–H and O–H groups in total. The standard InChI is InChI=1S/C11H25N3O/c1-11(10-15)9-13(2)7-8-14-5-3-12-4-6-14/h11-12,15H,3-10H2,1-2H3. The van der Waals surface area contributed by atoms with E-state index < -0.39 is 0 Å². The second kappa shape index (κ2) is 7.17. The van der Waals surface area contributed by atoms with Crippen molar-refractivity contribution in [1.82, 2.24) is 15.1 Å². The van der Waals surface area contributed by atoms with Gasteiger partial charge in [-0.05, 0) is 13.0 Å². The van der Waals surface area contributed by atoms with Crippen molar-refractivity contribution in [1.29, 1.82) is 0 Å². The normalized spacial score (nSPS) is 20.8. The molecule has 1 heterocycles. The predicted octanol–water partition coefficient (Wildman–Crippen LogP) is -0.548. The molecule has 1 rings (SSSR count). The Morgan fingerprint density at radius 3 is 2.67 bits per heavy atom. The van der Waals surface area contributed by atoms with Crippen molar-refractivity contribution in [3.8, 4) is 0 Å². The summed E-state index contributed by atoms with van der Waals surface area (Å²) in [7, 11) is 2.13. The van der Waals surface area contributed by atoms with Crippen LogP contribution < -0.4 is 5.32 Å². The Hall–Kier alpha value is -0.160. The van der Waals surface area contributed by atoms with Crippen LogP contribution in [0.1, 0.15) is 6.92 Å². The summed E-state index contributed by atoms with van der Waals surface area (Å²) in [4.78, 5) is 4.81. The van der Waals surface area contributed by atoms with Crippen LogP contribution in [0.2, 0.25) is 0 Å². The highest BCUT2D eigenvalue weighted by Gasteiger charge is 2.10. The van der Waals surface area contributed by atoms with E-state index in [1.165, 1.54) is 13.1 Å². The van der Waals surface area contributed by atoms with Crippen LogP contribution >= 0.6 is 0 Å². The second-order valence-corrected chi connectivity index (χ2v) is 4.64. The Kier molecular flexibility index (Phi) is 6.17. The average molecular weight is 215 g/mol. The molecule has 0 aliphatic carbocycles. The lowest BCUT2D eigenvalue weighted by molar-refractivity contribution is 0.167. The van der Waals surface area contributed by atoms with Gasteiger partial charge in [-0.2, -0.15) is 0 Å². The third-order valence-corrected chi connectivity index (χ3v) is 2.94. The largest absolute Gasteiger partial charge is 0.396 e. The molecule has 1 unspecified atom stereocenters. The topological polar surface area (TPSA) is 38.7 Å². The van der Waals surface area contributed by atoms with Gasteiger partial charge in [-0.1, -0.05) is 6.92 Å². The number of aliphatic hydroxyl groups excluding tert-OH is 1. The highest BCUT2D eigenvalue weighted by Crippen LogP contribution is 1.98. The van der Waals surface area contributed by atoms with Crippen LogP contribution in [0.5, 0.6) is 0 Å². The predicted molar refractivity (Wildman–Crippen MR) is 63.1 cm³/mol. The molecule has 1 fully saturated rings. The van der Waals surface area contributed by atoms with E-state index in [-0.39, 0.29) is 6.61 Å². The fraction of sp³-hybridized carbons (Fsp3) is 1.00. The molecule has 0 spiro atoms. The molecular formula is C11H25N3O. The maximum Gasteiger partial charge on any atom is 0.0468 e. The van der Waals surface area contributed by atoms with Crippen LogP contribution in [0.4, 0.5) is 0 Å². The minimum atomic E-state index is 0.290. The molecule has 4 heteroatoms. The summed E-state index contributed by atoms with van der Waals surface area (Å²) in [5.41, 5.74) is 0. The van der Waals surface area contributed by atoms with Crippen LogP contribution in [-0.4, -0.2) is 74.4 Å². The van der Waals surface area contributed by atoms with E-state index >= 15 is 0 Å². The fourth-order valence-electron chi connectivity index (χ4n) is 1.93. The molecule has 4 nitrogen and oxygen atoms in total. The van der Waals surface area contributed by atoms with Gasteiger partial charge in [0.15, 0.2) is 0 Å². The molecule has 1 aliphatic heterocycles. The van der Waals surface area contributed by atoms with E-state index in [4.69, 9.17) is 5.11 Å². The smallest absolute Gasteiger partial charge is 0.0468 e. The summed E-state index contributed by atoms with van der Waals surface area (Å²) in [5, 5.41) is 12.3. The van der Waals surface area contributed by atoms with Crippen molar-refractivity contribution in [2.45, 2.75) is 6.92 Å². The van der Waals surface area contributed by atoms with Gasteiger partial charge in [0, 0.05) is 52.4 Å². The van der Waals surface area contributed by atoms with E-state index in [0.717, 1.165) is 32.7 Å². The lowest BCUT2D eigenvalue weighted by Crippen LogP contribution is -2.46.